The number of hydrogen-bond donors (Lipinski definition) is 0. The van der Waals surface area contributed by atoms with E-state index in [-0.39, 0.29) is 11.8 Å². The van der Waals surface area contributed by atoms with E-state index < -0.39 is 0 Å². The van der Waals surface area contributed by atoms with Gasteiger partial charge in [-0.05, 0) is 68.8 Å². The molecule has 0 radical (unpaired) electrons. The van der Waals surface area contributed by atoms with Crippen LogP contribution in [0.3, 0.4) is 0 Å². The van der Waals surface area contributed by atoms with Crippen LogP contribution in [-0.4, -0.2) is 17.0 Å². The molecule has 4 rings (SSSR count). The zero-order valence-corrected chi connectivity index (χ0v) is 16.9. The first-order chi connectivity index (χ1) is 13.6. The van der Waals surface area contributed by atoms with Gasteiger partial charge >= 0.3 is 0 Å². The molecule has 0 saturated heterocycles. The van der Waals surface area contributed by atoms with Crippen molar-refractivity contribution in [1.29, 1.82) is 0 Å². The topological polar surface area (TPSA) is 35.1 Å². The van der Waals surface area contributed by atoms with Crippen molar-refractivity contribution in [3.63, 3.8) is 0 Å². The minimum absolute atomic E-state index is 0.107. The normalized spacial score (nSPS) is 14.0. The number of aromatic nitrogens is 2. The van der Waals surface area contributed by atoms with E-state index in [0.717, 1.165) is 41.4 Å². The summed E-state index contributed by atoms with van der Waals surface area (Å²) in [5, 5.41) is 0.726. The van der Waals surface area contributed by atoms with Crippen molar-refractivity contribution >= 4 is 17.4 Å². The first-order valence-corrected chi connectivity index (χ1v) is 10.1. The summed E-state index contributed by atoms with van der Waals surface area (Å²) in [4.78, 5) is 13.1. The molecule has 1 aromatic heterocycles. The summed E-state index contributed by atoms with van der Waals surface area (Å²) in [6.45, 7) is 5.52. The molecule has 2 heterocycles. The van der Waals surface area contributed by atoms with E-state index in [9.17, 15) is 4.79 Å². The standard InChI is InChI=1S/C23H24ClN2O2/c1-3-28-20-12-8-18(9-13-20)23(27)16(2)26-15-21(25-14-4-5-22(25)26)17-6-10-19(24)11-7-17/h6-13,15-16H,3-5,14H2,1-2H3/q+1/t16-/m0/s1. The van der Waals surface area contributed by atoms with E-state index in [0.29, 0.717) is 12.2 Å². The number of carbonyl (C=O) groups excluding carboxylic acids is 1. The van der Waals surface area contributed by atoms with Crippen LogP contribution in [-0.2, 0) is 13.0 Å². The van der Waals surface area contributed by atoms with Gasteiger partial charge in [0.2, 0.25) is 5.78 Å². The molecule has 1 aliphatic rings. The van der Waals surface area contributed by atoms with E-state index in [4.69, 9.17) is 16.3 Å². The van der Waals surface area contributed by atoms with Crippen molar-refractivity contribution in [2.45, 2.75) is 39.3 Å². The van der Waals surface area contributed by atoms with E-state index in [1.165, 1.54) is 5.82 Å². The van der Waals surface area contributed by atoms with Crippen LogP contribution in [0.4, 0.5) is 0 Å². The van der Waals surface area contributed by atoms with Crippen molar-refractivity contribution in [3.05, 3.63) is 71.1 Å². The minimum Gasteiger partial charge on any atom is -0.494 e. The van der Waals surface area contributed by atoms with Gasteiger partial charge in [0.05, 0.1) is 19.6 Å². The Morgan fingerprint density at radius 3 is 2.57 bits per heavy atom. The summed E-state index contributed by atoms with van der Waals surface area (Å²) in [7, 11) is 0. The Bertz CT molecular complexity index is 991. The van der Waals surface area contributed by atoms with Crippen molar-refractivity contribution in [2.75, 3.05) is 6.61 Å². The zero-order chi connectivity index (χ0) is 19.7. The number of ketones is 1. The van der Waals surface area contributed by atoms with Gasteiger partial charge in [-0.3, -0.25) is 4.79 Å². The molecule has 0 aliphatic carbocycles. The molecule has 0 fully saturated rings. The highest BCUT2D eigenvalue weighted by Crippen LogP contribution is 2.27. The minimum atomic E-state index is -0.265. The molecule has 3 aromatic rings. The molecule has 4 nitrogen and oxygen atoms in total. The zero-order valence-electron chi connectivity index (χ0n) is 16.2. The van der Waals surface area contributed by atoms with Gasteiger partial charge < -0.3 is 4.74 Å². The molecule has 144 valence electrons. The van der Waals surface area contributed by atoms with Crippen LogP contribution >= 0.6 is 11.6 Å². The Balaban J connectivity index is 1.66. The van der Waals surface area contributed by atoms with E-state index >= 15 is 0 Å². The maximum absolute atomic E-state index is 13.1. The lowest BCUT2D eigenvalue weighted by Crippen LogP contribution is -2.44. The Hall–Kier alpha value is -2.59. The van der Waals surface area contributed by atoms with Gasteiger partial charge in [0, 0.05) is 16.1 Å². The number of carbonyl (C=O) groups is 1. The fourth-order valence-corrected chi connectivity index (χ4v) is 4.03. The second-order valence-electron chi connectivity index (χ2n) is 7.10. The lowest BCUT2D eigenvalue weighted by Gasteiger charge is -2.10. The number of rotatable bonds is 6. The van der Waals surface area contributed by atoms with Gasteiger partial charge in [-0.15, -0.1) is 0 Å². The molecule has 0 unspecified atom stereocenters. The molecule has 0 bridgehead atoms. The molecule has 0 N–H and O–H groups in total. The van der Waals surface area contributed by atoms with Gasteiger partial charge in [0.25, 0.3) is 5.82 Å². The van der Waals surface area contributed by atoms with Crippen LogP contribution in [0.1, 0.15) is 42.5 Å². The van der Waals surface area contributed by atoms with Crippen LogP contribution in [0.2, 0.25) is 5.02 Å². The number of fused-ring (bicyclic) bond motifs is 1. The van der Waals surface area contributed by atoms with Crippen LogP contribution in [0, 0.1) is 0 Å². The highest BCUT2D eigenvalue weighted by Gasteiger charge is 2.33. The van der Waals surface area contributed by atoms with Gasteiger partial charge in [-0.2, -0.15) is 0 Å². The Morgan fingerprint density at radius 2 is 1.89 bits per heavy atom. The molecular weight excluding hydrogens is 372 g/mol. The summed E-state index contributed by atoms with van der Waals surface area (Å²) in [5.41, 5.74) is 2.96. The summed E-state index contributed by atoms with van der Waals surface area (Å²) >= 11 is 6.05. The summed E-state index contributed by atoms with van der Waals surface area (Å²) < 4.78 is 9.94. The average molecular weight is 396 g/mol. The number of hydrogen-bond acceptors (Lipinski definition) is 2. The van der Waals surface area contributed by atoms with Gasteiger partial charge in [0.15, 0.2) is 11.7 Å². The van der Waals surface area contributed by atoms with Crippen LogP contribution < -0.4 is 9.30 Å². The molecule has 0 spiro atoms. The second-order valence-corrected chi connectivity index (χ2v) is 7.53. The van der Waals surface area contributed by atoms with E-state index in [1.54, 1.807) is 0 Å². The van der Waals surface area contributed by atoms with Crippen molar-refractivity contribution in [1.82, 2.24) is 4.57 Å². The Kier molecular flexibility index (Phi) is 5.23. The summed E-state index contributed by atoms with van der Waals surface area (Å²) in [5.74, 6) is 2.10. The van der Waals surface area contributed by atoms with Crippen molar-refractivity contribution in [2.24, 2.45) is 0 Å². The fourth-order valence-electron chi connectivity index (χ4n) is 3.90. The van der Waals surface area contributed by atoms with E-state index in [2.05, 4.69) is 15.3 Å². The lowest BCUT2D eigenvalue weighted by molar-refractivity contribution is -0.710. The molecule has 5 heteroatoms. The smallest absolute Gasteiger partial charge is 0.257 e. The van der Waals surface area contributed by atoms with Crippen LogP contribution in [0.15, 0.2) is 54.7 Å². The Morgan fingerprint density at radius 1 is 1.18 bits per heavy atom. The Labute approximate surface area is 170 Å². The molecule has 0 amide bonds. The molecule has 2 aromatic carbocycles. The molecular formula is C23H24ClN2O2+. The predicted molar refractivity (Wildman–Crippen MR) is 110 cm³/mol. The van der Waals surface area contributed by atoms with Crippen molar-refractivity contribution < 1.29 is 14.1 Å². The SMILES string of the molecule is CCOc1ccc(C(=O)[C@H](C)[n+]2cc(-c3ccc(Cl)cc3)n3c2CCC3)cc1. The van der Waals surface area contributed by atoms with Crippen LogP contribution in [0.5, 0.6) is 5.75 Å². The first kappa shape index (κ1) is 18.8. The number of halogens is 1. The second kappa shape index (κ2) is 7.80. The third-order valence-electron chi connectivity index (χ3n) is 5.33. The summed E-state index contributed by atoms with van der Waals surface area (Å²) in [6, 6.07) is 15.0. The van der Waals surface area contributed by atoms with Crippen molar-refractivity contribution in [3.8, 4) is 17.0 Å². The van der Waals surface area contributed by atoms with Crippen LogP contribution in [0.25, 0.3) is 11.3 Å². The molecule has 1 atom stereocenters. The summed E-state index contributed by atoms with van der Waals surface area (Å²) in [6.07, 6.45) is 4.18. The number of Topliss-reactive ketones (excluding diaryl/α,β-unsaturated/α-hetero) is 1. The third-order valence-corrected chi connectivity index (χ3v) is 5.58. The number of nitrogens with zero attached hydrogens (tertiary/aromatic N) is 2. The number of ether oxygens (including phenoxy) is 1. The third kappa shape index (κ3) is 3.45. The fraction of sp³-hybridized carbons (Fsp3) is 0.304. The highest BCUT2D eigenvalue weighted by atomic mass is 35.5. The van der Waals surface area contributed by atoms with Gasteiger partial charge in [-0.1, -0.05) is 11.6 Å². The largest absolute Gasteiger partial charge is 0.494 e. The monoisotopic (exact) mass is 395 g/mol. The predicted octanol–water partition coefficient (Wildman–Crippen LogP) is 4.88. The molecule has 0 saturated carbocycles. The van der Waals surface area contributed by atoms with Gasteiger partial charge in [0.1, 0.15) is 11.9 Å². The van der Waals surface area contributed by atoms with Gasteiger partial charge in [-0.25, -0.2) is 9.13 Å². The average Bonchev–Trinajstić information content (AvgIpc) is 3.31. The highest BCUT2D eigenvalue weighted by molar-refractivity contribution is 6.30. The molecule has 28 heavy (non-hydrogen) atoms. The molecule has 1 aliphatic heterocycles. The number of imidazole rings is 1. The number of benzene rings is 2. The maximum atomic E-state index is 13.1. The first-order valence-electron chi connectivity index (χ1n) is 9.75. The quantitative estimate of drug-likeness (QED) is 0.440. The lowest BCUT2D eigenvalue weighted by atomic mass is 10.0. The maximum Gasteiger partial charge on any atom is 0.257 e. The van der Waals surface area contributed by atoms with E-state index in [1.807, 2.05) is 62.4 Å².